The van der Waals surface area contributed by atoms with Gasteiger partial charge >= 0.3 is 0 Å². The maximum absolute atomic E-state index is 10.5. The van der Waals surface area contributed by atoms with E-state index in [-0.39, 0.29) is 18.3 Å². The molecule has 0 saturated carbocycles. The number of ether oxygens (including phenoxy) is 1. The van der Waals surface area contributed by atoms with Gasteiger partial charge in [0.05, 0.1) is 0 Å². The summed E-state index contributed by atoms with van der Waals surface area (Å²) in [5, 5.41) is 3.46. The van der Waals surface area contributed by atoms with E-state index in [2.05, 4.69) is 15.3 Å². The van der Waals surface area contributed by atoms with Crippen LogP contribution in [0.2, 0.25) is 0 Å². The molecule has 1 amide bonds. The van der Waals surface area contributed by atoms with Gasteiger partial charge in [-0.15, -0.1) is 5.10 Å². The van der Waals surface area contributed by atoms with E-state index >= 15 is 0 Å². The molecule has 0 saturated heterocycles. The SMILES string of the molecule is O=COC1=NNC(=O)CC1. The fourth-order valence-electron chi connectivity index (χ4n) is 0.598. The van der Waals surface area contributed by atoms with E-state index < -0.39 is 0 Å². The summed E-state index contributed by atoms with van der Waals surface area (Å²) in [6, 6.07) is 0. The van der Waals surface area contributed by atoms with E-state index in [0.717, 1.165) is 0 Å². The summed E-state index contributed by atoms with van der Waals surface area (Å²) in [7, 11) is 0. The van der Waals surface area contributed by atoms with Crippen LogP contribution >= 0.6 is 0 Å². The zero-order chi connectivity index (χ0) is 7.40. The van der Waals surface area contributed by atoms with Crippen LogP contribution in [-0.2, 0) is 14.3 Å². The molecule has 0 aromatic carbocycles. The largest absolute Gasteiger partial charge is 0.412 e. The van der Waals surface area contributed by atoms with Gasteiger partial charge in [-0.25, -0.2) is 5.43 Å². The zero-order valence-corrected chi connectivity index (χ0v) is 5.16. The molecular formula is C5H6N2O3. The number of hydrogen-bond donors (Lipinski definition) is 1. The van der Waals surface area contributed by atoms with Crippen molar-refractivity contribution in [2.24, 2.45) is 5.10 Å². The lowest BCUT2D eigenvalue weighted by molar-refractivity contribution is -0.124. The van der Waals surface area contributed by atoms with Crippen LogP contribution < -0.4 is 5.43 Å². The van der Waals surface area contributed by atoms with Gasteiger partial charge in [-0.05, 0) is 0 Å². The smallest absolute Gasteiger partial charge is 0.299 e. The van der Waals surface area contributed by atoms with E-state index in [9.17, 15) is 9.59 Å². The van der Waals surface area contributed by atoms with Crippen molar-refractivity contribution in [2.45, 2.75) is 12.8 Å². The van der Waals surface area contributed by atoms with Crippen LogP contribution in [0.3, 0.4) is 0 Å². The van der Waals surface area contributed by atoms with Crippen molar-refractivity contribution in [3.8, 4) is 0 Å². The molecule has 0 atom stereocenters. The molecule has 10 heavy (non-hydrogen) atoms. The van der Waals surface area contributed by atoms with Crippen LogP contribution in [0.5, 0.6) is 0 Å². The van der Waals surface area contributed by atoms with Crippen molar-refractivity contribution in [1.82, 2.24) is 5.43 Å². The number of amides is 1. The van der Waals surface area contributed by atoms with Crippen LogP contribution in [0, 0.1) is 0 Å². The molecular weight excluding hydrogens is 136 g/mol. The van der Waals surface area contributed by atoms with Crippen LogP contribution in [0.15, 0.2) is 5.10 Å². The van der Waals surface area contributed by atoms with Gasteiger partial charge in [-0.2, -0.15) is 0 Å². The van der Waals surface area contributed by atoms with Crippen LogP contribution in [0.4, 0.5) is 0 Å². The number of hydrogen-bond acceptors (Lipinski definition) is 4. The summed E-state index contributed by atoms with van der Waals surface area (Å²) in [6.45, 7) is 0.288. The Morgan fingerprint density at radius 3 is 2.90 bits per heavy atom. The first-order chi connectivity index (χ1) is 4.83. The first-order valence-corrected chi connectivity index (χ1v) is 2.78. The zero-order valence-electron chi connectivity index (χ0n) is 5.16. The Balaban J connectivity index is 2.47. The summed E-state index contributed by atoms with van der Waals surface area (Å²) < 4.78 is 4.39. The highest BCUT2D eigenvalue weighted by atomic mass is 16.5. The average Bonchev–Trinajstić information content (AvgIpc) is 1.95. The molecule has 0 radical (unpaired) electrons. The molecule has 5 nitrogen and oxygen atoms in total. The summed E-state index contributed by atoms with van der Waals surface area (Å²) in [5.74, 6) is 0.104. The Bertz CT molecular complexity index is 187. The molecule has 0 aromatic rings. The summed E-state index contributed by atoms with van der Waals surface area (Å²) in [5.41, 5.74) is 2.18. The number of carbonyl (C=O) groups excluding carboxylic acids is 2. The Labute approximate surface area is 57.0 Å². The van der Waals surface area contributed by atoms with E-state index in [0.29, 0.717) is 12.8 Å². The fraction of sp³-hybridized carbons (Fsp3) is 0.400. The topological polar surface area (TPSA) is 67.8 Å². The van der Waals surface area contributed by atoms with E-state index in [1.165, 1.54) is 0 Å². The van der Waals surface area contributed by atoms with Crippen molar-refractivity contribution < 1.29 is 14.3 Å². The second-order valence-corrected chi connectivity index (χ2v) is 1.75. The Hall–Kier alpha value is -1.39. The molecule has 0 bridgehead atoms. The molecule has 0 aliphatic carbocycles. The highest BCUT2D eigenvalue weighted by Gasteiger charge is 2.11. The fourth-order valence-corrected chi connectivity index (χ4v) is 0.598. The number of nitrogens with one attached hydrogen (secondary N) is 1. The molecule has 0 spiro atoms. The molecule has 1 heterocycles. The summed E-state index contributed by atoms with van der Waals surface area (Å²) >= 11 is 0. The standard InChI is InChI=1S/C5H6N2O3/c8-3-10-5-2-1-4(9)6-7-5/h3H,1-2H2,(H,6,9). The number of rotatable bonds is 1. The predicted octanol–water partition coefficient (Wildman–Crippen LogP) is -0.617. The molecule has 54 valence electrons. The molecule has 5 heteroatoms. The van der Waals surface area contributed by atoms with Crippen molar-refractivity contribution in [3.63, 3.8) is 0 Å². The van der Waals surface area contributed by atoms with Crippen molar-refractivity contribution in [2.75, 3.05) is 0 Å². The Kier molecular flexibility index (Phi) is 1.99. The van der Waals surface area contributed by atoms with E-state index in [4.69, 9.17) is 0 Å². The van der Waals surface area contributed by atoms with E-state index in [1.54, 1.807) is 0 Å². The molecule has 1 N–H and O–H groups in total. The maximum Gasteiger partial charge on any atom is 0.299 e. The first kappa shape index (κ1) is 6.73. The Morgan fingerprint density at radius 1 is 1.60 bits per heavy atom. The van der Waals surface area contributed by atoms with Crippen LogP contribution in [-0.4, -0.2) is 18.3 Å². The third-order valence-electron chi connectivity index (χ3n) is 1.06. The number of hydrazone groups is 1. The molecule has 1 rings (SSSR count). The van der Waals surface area contributed by atoms with Gasteiger partial charge in [0.15, 0.2) is 0 Å². The second-order valence-electron chi connectivity index (χ2n) is 1.75. The third-order valence-corrected chi connectivity index (χ3v) is 1.06. The third kappa shape index (κ3) is 1.54. The van der Waals surface area contributed by atoms with Gasteiger partial charge in [0, 0.05) is 12.8 Å². The minimum Gasteiger partial charge on any atom is -0.412 e. The molecule has 1 aliphatic rings. The maximum atomic E-state index is 10.5. The molecule has 0 unspecified atom stereocenters. The minimum absolute atomic E-state index is 0.154. The quantitative estimate of drug-likeness (QED) is 0.496. The lowest BCUT2D eigenvalue weighted by Crippen LogP contribution is -2.26. The van der Waals surface area contributed by atoms with Gasteiger partial charge in [0.25, 0.3) is 6.47 Å². The summed E-state index contributed by atoms with van der Waals surface area (Å²) in [4.78, 5) is 20.2. The lowest BCUT2D eigenvalue weighted by Gasteiger charge is -2.07. The monoisotopic (exact) mass is 142 g/mol. The van der Waals surface area contributed by atoms with Crippen molar-refractivity contribution >= 4 is 18.3 Å². The second kappa shape index (κ2) is 2.95. The highest BCUT2D eigenvalue weighted by molar-refractivity contribution is 5.90. The van der Waals surface area contributed by atoms with Crippen LogP contribution in [0.25, 0.3) is 0 Å². The average molecular weight is 142 g/mol. The predicted molar refractivity (Wildman–Crippen MR) is 32.0 cm³/mol. The summed E-state index contributed by atoms with van der Waals surface area (Å²) in [6.07, 6.45) is 0.719. The van der Waals surface area contributed by atoms with Gasteiger partial charge in [0.1, 0.15) is 0 Å². The van der Waals surface area contributed by atoms with Crippen molar-refractivity contribution in [1.29, 1.82) is 0 Å². The molecule has 1 aliphatic heterocycles. The van der Waals surface area contributed by atoms with Gasteiger partial charge in [0.2, 0.25) is 11.8 Å². The van der Waals surface area contributed by atoms with Crippen molar-refractivity contribution in [3.05, 3.63) is 0 Å². The normalized spacial score (nSPS) is 17.2. The minimum atomic E-state index is -0.154. The number of nitrogens with zero attached hydrogens (tertiary/aromatic N) is 1. The van der Waals surface area contributed by atoms with Crippen LogP contribution in [0.1, 0.15) is 12.8 Å². The molecule has 0 aromatic heterocycles. The van der Waals surface area contributed by atoms with Gasteiger partial charge in [-0.1, -0.05) is 0 Å². The number of carbonyl (C=O) groups is 2. The Morgan fingerprint density at radius 2 is 2.40 bits per heavy atom. The lowest BCUT2D eigenvalue weighted by atomic mass is 10.3. The van der Waals surface area contributed by atoms with E-state index in [1.807, 2.05) is 0 Å². The first-order valence-electron chi connectivity index (χ1n) is 2.78. The van der Waals surface area contributed by atoms with Gasteiger partial charge in [-0.3, -0.25) is 9.59 Å². The van der Waals surface area contributed by atoms with Gasteiger partial charge < -0.3 is 4.74 Å². The molecule has 0 fully saturated rings. The highest BCUT2D eigenvalue weighted by Crippen LogP contribution is 1.98.